The molecule has 11 heteroatoms. The molecule has 2 heterocycles. The monoisotopic (exact) mass is 504 g/mol. The number of non-ortho nitro benzene ring substituents is 1. The van der Waals surface area contributed by atoms with Crippen LogP contribution in [0.15, 0.2) is 70.9 Å². The lowest BCUT2D eigenvalue weighted by Gasteiger charge is -2.42. The van der Waals surface area contributed by atoms with Crippen LogP contribution in [0, 0.1) is 15.9 Å². The smallest absolute Gasteiger partial charge is 0.269 e. The van der Waals surface area contributed by atoms with Crippen molar-refractivity contribution in [2.75, 3.05) is 31.1 Å². The Hall–Kier alpha value is -2.86. The Morgan fingerprint density at radius 2 is 1.71 bits per heavy atom. The van der Waals surface area contributed by atoms with Gasteiger partial charge in [-0.1, -0.05) is 18.2 Å². The van der Waals surface area contributed by atoms with Crippen molar-refractivity contribution in [3.8, 4) is 0 Å². The van der Waals surface area contributed by atoms with Gasteiger partial charge in [-0.25, -0.2) is 17.5 Å². The number of halogens is 1. The molecule has 0 saturated carbocycles. The second kappa shape index (κ2) is 10.2. The van der Waals surface area contributed by atoms with Crippen molar-refractivity contribution in [1.82, 2.24) is 9.62 Å². The van der Waals surface area contributed by atoms with Gasteiger partial charge in [0.05, 0.1) is 21.5 Å². The minimum Gasteiger partial charge on any atom is -0.367 e. The van der Waals surface area contributed by atoms with Gasteiger partial charge in [-0.05, 0) is 42.6 Å². The Morgan fingerprint density at radius 3 is 2.29 bits per heavy atom. The second-order valence-corrected chi connectivity index (χ2v) is 10.8. The van der Waals surface area contributed by atoms with E-state index in [0.29, 0.717) is 31.9 Å². The van der Waals surface area contributed by atoms with Crippen LogP contribution in [0.2, 0.25) is 0 Å². The first kappa shape index (κ1) is 24.3. The van der Waals surface area contributed by atoms with Gasteiger partial charge in [0.15, 0.2) is 0 Å². The molecule has 1 N–H and O–H groups in total. The topological polar surface area (TPSA) is 95.8 Å². The zero-order valence-corrected chi connectivity index (χ0v) is 20.1. The standard InChI is InChI=1S/C23H25FN4O4S2/c1-17(25-34(31,32)19-10-8-18(9-11-19)28(29)30)23(22-7-4-16-33-22)27-14-12-26(13-15-27)21-6-3-2-5-20(21)24/h2-11,16-17,23,25H,12-15H2,1H3/t17-,23-/m1/s1. The molecule has 1 aliphatic heterocycles. The first-order valence-corrected chi connectivity index (χ1v) is 13.2. The largest absolute Gasteiger partial charge is 0.367 e. The van der Waals surface area contributed by atoms with Crippen molar-refractivity contribution < 1.29 is 17.7 Å². The number of para-hydroxylation sites is 1. The number of piperazine rings is 1. The molecule has 2 aromatic carbocycles. The quantitative estimate of drug-likeness (QED) is 0.368. The van der Waals surface area contributed by atoms with Gasteiger partial charge in [0, 0.05) is 49.2 Å². The lowest BCUT2D eigenvalue weighted by Crippen LogP contribution is -2.52. The Kier molecular flexibility index (Phi) is 7.27. The number of rotatable bonds is 8. The summed E-state index contributed by atoms with van der Waals surface area (Å²) in [6.45, 7) is 4.33. The van der Waals surface area contributed by atoms with Gasteiger partial charge in [0.25, 0.3) is 5.69 Å². The van der Waals surface area contributed by atoms with Crippen LogP contribution in [0.1, 0.15) is 17.8 Å². The number of nitrogens with zero attached hydrogens (tertiary/aromatic N) is 3. The molecule has 0 aliphatic carbocycles. The number of benzene rings is 2. The van der Waals surface area contributed by atoms with Gasteiger partial charge in [0.1, 0.15) is 5.82 Å². The maximum atomic E-state index is 14.2. The molecular formula is C23H25FN4O4S2. The summed E-state index contributed by atoms with van der Waals surface area (Å²) < 4.78 is 43.0. The molecule has 4 rings (SSSR count). The Labute approximate surface area is 201 Å². The molecule has 8 nitrogen and oxygen atoms in total. The predicted molar refractivity (Wildman–Crippen MR) is 130 cm³/mol. The molecule has 1 aliphatic rings. The Balaban J connectivity index is 1.50. The molecule has 34 heavy (non-hydrogen) atoms. The van der Waals surface area contributed by atoms with Crippen molar-refractivity contribution >= 4 is 32.7 Å². The second-order valence-electron chi connectivity index (χ2n) is 8.10. The van der Waals surface area contributed by atoms with Crippen LogP contribution in [0.5, 0.6) is 0 Å². The highest BCUT2D eigenvalue weighted by molar-refractivity contribution is 7.89. The van der Waals surface area contributed by atoms with E-state index in [0.717, 1.165) is 4.88 Å². The van der Waals surface area contributed by atoms with Gasteiger partial charge in [0.2, 0.25) is 10.0 Å². The molecule has 180 valence electrons. The molecule has 1 saturated heterocycles. The zero-order valence-electron chi connectivity index (χ0n) is 18.5. The number of nitro benzene ring substituents is 1. The van der Waals surface area contributed by atoms with Crippen LogP contribution < -0.4 is 9.62 Å². The van der Waals surface area contributed by atoms with Crippen molar-refractivity contribution in [3.63, 3.8) is 0 Å². The minimum absolute atomic E-state index is 0.0285. The normalized spacial score (nSPS) is 16.8. The van der Waals surface area contributed by atoms with E-state index in [-0.39, 0.29) is 22.4 Å². The molecule has 0 bridgehead atoms. The van der Waals surface area contributed by atoms with E-state index in [1.54, 1.807) is 23.5 Å². The summed E-state index contributed by atoms with van der Waals surface area (Å²) in [4.78, 5) is 15.5. The van der Waals surface area contributed by atoms with Crippen LogP contribution in [-0.4, -0.2) is 50.5 Å². The average molecular weight is 505 g/mol. The fourth-order valence-electron chi connectivity index (χ4n) is 4.28. The number of sulfonamides is 1. The Bertz CT molecular complexity index is 1230. The average Bonchev–Trinajstić information content (AvgIpc) is 3.34. The summed E-state index contributed by atoms with van der Waals surface area (Å²) in [6.07, 6.45) is 0. The van der Waals surface area contributed by atoms with E-state index in [2.05, 4.69) is 9.62 Å². The van der Waals surface area contributed by atoms with Crippen LogP contribution in [0.4, 0.5) is 15.8 Å². The molecule has 0 spiro atoms. The molecule has 1 aromatic heterocycles. The summed E-state index contributed by atoms with van der Waals surface area (Å²) in [5, 5.41) is 12.8. The van der Waals surface area contributed by atoms with Gasteiger partial charge < -0.3 is 4.90 Å². The van der Waals surface area contributed by atoms with Crippen molar-refractivity contribution in [1.29, 1.82) is 0 Å². The highest BCUT2D eigenvalue weighted by atomic mass is 32.2. The summed E-state index contributed by atoms with van der Waals surface area (Å²) in [6, 6.07) is 14.8. The molecule has 1 fully saturated rings. The summed E-state index contributed by atoms with van der Waals surface area (Å²) in [7, 11) is -3.89. The molecule has 2 atom stereocenters. The van der Waals surface area contributed by atoms with Gasteiger partial charge >= 0.3 is 0 Å². The van der Waals surface area contributed by atoms with Crippen molar-refractivity contribution in [3.05, 3.63) is 86.9 Å². The molecular weight excluding hydrogens is 479 g/mol. The number of hydrogen-bond acceptors (Lipinski definition) is 7. The van der Waals surface area contributed by atoms with Crippen molar-refractivity contribution in [2.45, 2.75) is 23.9 Å². The molecule has 0 radical (unpaired) electrons. The highest BCUT2D eigenvalue weighted by Gasteiger charge is 2.33. The van der Waals surface area contributed by atoms with Crippen molar-refractivity contribution in [2.24, 2.45) is 0 Å². The first-order valence-electron chi connectivity index (χ1n) is 10.8. The number of anilines is 1. The van der Waals surface area contributed by atoms with E-state index in [4.69, 9.17) is 0 Å². The number of thiophene rings is 1. The molecule has 0 unspecified atom stereocenters. The zero-order chi connectivity index (χ0) is 24.3. The van der Waals surface area contributed by atoms with Gasteiger partial charge in [-0.3, -0.25) is 15.0 Å². The fraction of sp³-hybridized carbons (Fsp3) is 0.304. The summed E-state index contributed by atoms with van der Waals surface area (Å²) >= 11 is 1.55. The first-order chi connectivity index (χ1) is 16.3. The van der Waals surface area contributed by atoms with E-state index < -0.39 is 21.0 Å². The maximum Gasteiger partial charge on any atom is 0.269 e. The lowest BCUT2D eigenvalue weighted by atomic mass is 10.1. The summed E-state index contributed by atoms with van der Waals surface area (Å²) in [5.41, 5.74) is 0.401. The molecule has 3 aromatic rings. The third-order valence-corrected chi connectivity index (χ3v) is 8.43. The Morgan fingerprint density at radius 1 is 1.03 bits per heavy atom. The van der Waals surface area contributed by atoms with Gasteiger partial charge in [-0.15, -0.1) is 11.3 Å². The van der Waals surface area contributed by atoms with E-state index in [9.17, 15) is 22.9 Å². The fourth-order valence-corrected chi connectivity index (χ4v) is 6.49. The minimum atomic E-state index is -3.89. The third kappa shape index (κ3) is 5.27. The molecule has 0 amide bonds. The van der Waals surface area contributed by atoms with Crippen LogP contribution in [-0.2, 0) is 10.0 Å². The van der Waals surface area contributed by atoms with Crippen LogP contribution in [0.25, 0.3) is 0 Å². The van der Waals surface area contributed by atoms with Crippen LogP contribution in [0.3, 0.4) is 0 Å². The van der Waals surface area contributed by atoms with Gasteiger partial charge in [-0.2, -0.15) is 0 Å². The van der Waals surface area contributed by atoms with E-state index in [1.165, 1.54) is 30.3 Å². The number of hydrogen-bond donors (Lipinski definition) is 1. The number of nitro groups is 1. The third-order valence-electron chi connectivity index (χ3n) is 5.91. The predicted octanol–water partition coefficient (Wildman–Crippen LogP) is 4.03. The highest BCUT2D eigenvalue weighted by Crippen LogP contribution is 2.31. The number of nitrogens with one attached hydrogen (secondary N) is 1. The SMILES string of the molecule is C[C@@H](NS(=O)(=O)c1ccc([N+](=O)[O-])cc1)[C@H](c1cccs1)N1CCN(c2ccccc2F)CC1. The lowest BCUT2D eigenvalue weighted by molar-refractivity contribution is -0.384. The summed E-state index contributed by atoms with van der Waals surface area (Å²) in [5.74, 6) is -0.255. The van der Waals surface area contributed by atoms with Crippen LogP contribution >= 0.6 is 11.3 Å². The van der Waals surface area contributed by atoms with E-state index in [1.807, 2.05) is 35.4 Å². The maximum absolute atomic E-state index is 14.2. The van der Waals surface area contributed by atoms with E-state index >= 15 is 0 Å².